The van der Waals surface area contributed by atoms with Crippen LogP contribution in [0.3, 0.4) is 0 Å². The first-order valence-corrected chi connectivity index (χ1v) is 7.11. The van der Waals surface area contributed by atoms with Crippen LogP contribution < -0.4 is 20.1 Å². The quantitative estimate of drug-likeness (QED) is 0.413. The molecule has 5 nitrogen and oxygen atoms in total. The highest BCUT2D eigenvalue weighted by Gasteiger charge is 2.06. The minimum absolute atomic E-state index is 0. The summed E-state index contributed by atoms with van der Waals surface area (Å²) in [6.07, 6.45) is 1.02. The van der Waals surface area contributed by atoms with Gasteiger partial charge in [0.1, 0.15) is 0 Å². The number of aliphatic imine (C=N–C) groups is 1. The molecule has 0 aliphatic rings. The van der Waals surface area contributed by atoms with Gasteiger partial charge in [-0.05, 0) is 32.4 Å². The minimum atomic E-state index is 0. The standard InChI is InChI=1S/C15H25N3O2.HI/c1-5-10-17-15(16-6-2)18-12-8-9-13(19-4)14(11-12)20-7-3;/h8-9,11H,5-7,10H2,1-4H3,(H2,16,17,18);1H. The highest BCUT2D eigenvalue weighted by molar-refractivity contribution is 14.0. The summed E-state index contributed by atoms with van der Waals surface area (Å²) in [6, 6.07) is 5.75. The van der Waals surface area contributed by atoms with Crippen molar-refractivity contribution in [3.8, 4) is 11.5 Å². The topological polar surface area (TPSA) is 54.9 Å². The molecule has 0 aromatic heterocycles. The van der Waals surface area contributed by atoms with Gasteiger partial charge in [-0.25, -0.2) is 0 Å². The number of anilines is 1. The van der Waals surface area contributed by atoms with E-state index in [9.17, 15) is 0 Å². The van der Waals surface area contributed by atoms with Crippen LogP contribution in [0.5, 0.6) is 11.5 Å². The molecule has 0 heterocycles. The fraction of sp³-hybridized carbons (Fsp3) is 0.533. The number of hydrogen-bond donors (Lipinski definition) is 2. The van der Waals surface area contributed by atoms with Crippen molar-refractivity contribution in [1.82, 2.24) is 5.32 Å². The Morgan fingerprint density at radius 1 is 1.19 bits per heavy atom. The second-order valence-corrected chi connectivity index (χ2v) is 4.18. The molecule has 0 atom stereocenters. The van der Waals surface area contributed by atoms with Crippen molar-refractivity contribution in [3.63, 3.8) is 0 Å². The molecule has 1 rings (SSSR count). The Morgan fingerprint density at radius 2 is 1.95 bits per heavy atom. The molecule has 2 N–H and O–H groups in total. The zero-order valence-corrected chi connectivity index (χ0v) is 15.6. The zero-order chi connectivity index (χ0) is 14.8. The number of nitrogens with zero attached hydrogens (tertiary/aromatic N) is 1. The molecule has 120 valence electrons. The van der Waals surface area contributed by atoms with Gasteiger partial charge in [-0.3, -0.25) is 4.99 Å². The molecule has 0 saturated heterocycles. The Labute approximate surface area is 144 Å². The van der Waals surface area contributed by atoms with Crippen LogP contribution in [0.15, 0.2) is 23.2 Å². The third kappa shape index (κ3) is 6.88. The highest BCUT2D eigenvalue weighted by atomic mass is 127. The second kappa shape index (κ2) is 11.5. The third-order valence-electron chi connectivity index (χ3n) is 2.56. The van der Waals surface area contributed by atoms with Crippen molar-refractivity contribution in [1.29, 1.82) is 0 Å². The third-order valence-corrected chi connectivity index (χ3v) is 2.56. The number of ether oxygens (including phenoxy) is 2. The molecule has 6 heteroatoms. The lowest BCUT2D eigenvalue weighted by atomic mass is 10.2. The summed E-state index contributed by atoms with van der Waals surface area (Å²) in [7, 11) is 1.64. The normalized spacial score (nSPS) is 10.6. The van der Waals surface area contributed by atoms with Gasteiger partial charge in [0.05, 0.1) is 13.7 Å². The van der Waals surface area contributed by atoms with Gasteiger partial charge in [-0.1, -0.05) is 6.92 Å². The first kappa shape index (κ1) is 19.8. The molecule has 0 bridgehead atoms. The van der Waals surface area contributed by atoms with Gasteiger partial charge in [0.2, 0.25) is 0 Å². The van der Waals surface area contributed by atoms with E-state index in [-0.39, 0.29) is 24.0 Å². The lowest BCUT2D eigenvalue weighted by Gasteiger charge is -2.14. The minimum Gasteiger partial charge on any atom is -0.493 e. The van der Waals surface area contributed by atoms with Crippen LogP contribution in [0.4, 0.5) is 5.69 Å². The van der Waals surface area contributed by atoms with Gasteiger partial charge in [0, 0.05) is 24.8 Å². The summed E-state index contributed by atoms with van der Waals surface area (Å²) < 4.78 is 10.8. The van der Waals surface area contributed by atoms with Crippen LogP contribution in [0, 0.1) is 0 Å². The van der Waals surface area contributed by atoms with Gasteiger partial charge in [0.25, 0.3) is 0 Å². The van der Waals surface area contributed by atoms with E-state index < -0.39 is 0 Å². The van der Waals surface area contributed by atoms with Gasteiger partial charge < -0.3 is 20.1 Å². The number of methoxy groups -OCH3 is 1. The largest absolute Gasteiger partial charge is 0.493 e. The van der Waals surface area contributed by atoms with Crippen molar-refractivity contribution < 1.29 is 9.47 Å². The Bertz CT molecular complexity index is 439. The van der Waals surface area contributed by atoms with Gasteiger partial charge in [0.15, 0.2) is 17.5 Å². The molecule has 21 heavy (non-hydrogen) atoms. The Kier molecular flexibility index (Phi) is 10.8. The Morgan fingerprint density at radius 3 is 2.52 bits per heavy atom. The first-order chi connectivity index (χ1) is 9.74. The summed E-state index contributed by atoms with van der Waals surface area (Å²) in [6.45, 7) is 8.32. The Hall–Kier alpha value is -1.18. The van der Waals surface area contributed by atoms with E-state index in [0.29, 0.717) is 6.61 Å². The molecule has 0 unspecified atom stereocenters. The number of rotatable bonds is 7. The van der Waals surface area contributed by atoms with E-state index in [1.54, 1.807) is 7.11 Å². The second-order valence-electron chi connectivity index (χ2n) is 4.18. The molecular formula is C15H26IN3O2. The summed E-state index contributed by atoms with van der Waals surface area (Å²) in [4.78, 5) is 4.47. The molecule has 0 saturated carbocycles. The maximum atomic E-state index is 5.57. The van der Waals surface area contributed by atoms with Crippen LogP contribution in [-0.4, -0.2) is 32.8 Å². The molecular weight excluding hydrogens is 381 g/mol. The predicted molar refractivity (Wildman–Crippen MR) is 99.5 cm³/mol. The van der Waals surface area contributed by atoms with E-state index in [1.165, 1.54) is 0 Å². The van der Waals surface area contributed by atoms with Gasteiger partial charge in [-0.15, -0.1) is 24.0 Å². The number of guanidine groups is 1. The number of halogens is 1. The molecule has 0 amide bonds. The maximum Gasteiger partial charge on any atom is 0.195 e. The predicted octanol–water partition coefficient (Wildman–Crippen LogP) is 3.50. The number of benzene rings is 1. The van der Waals surface area contributed by atoms with Crippen LogP contribution in [0.25, 0.3) is 0 Å². The van der Waals surface area contributed by atoms with Crippen molar-refractivity contribution >= 4 is 35.6 Å². The SMILES string of the molecule is CCCN=C(NCC)Nc1ccc(OC)c(OCC)c1.I. The number of hydrogen-bond acceptors (Lipinski definition) is 3. The van der Waals surface area contributed by atoms with E-state index in [2.05, 4.69) is 22.5 Å². The molecule has 1 aromatic carbocycles. The Balaban J connectivity index is 0.00000400. The lowest BCUT2D eigenvalue weighted by molar-refractivity contribution is 0.311. The van der Waals surface area contributed by atoms with Gasteiger partial charge >= 0.3 is 0 Å². The molecule has 0 fully saturated rings. The summed E-state index contributed by atoms with van der Waals surface area (Å²) in [5, 5.41) is 6.48. The fourth-order valence-electron chi connectivity index (χ4n) is 1.69. The summed E-state index contributed by atoms with van der Waals surface area (Å²) in [5.41, 5.74) is 0.921. The first-order valence-electron chi connectivity index (χ1n) is 7.11. The smallest absolute Gasteiger partial charge is 0.195 e. The summed E-state index contributed by atoms with van der Waals surface area (Å²) >= 11 is 0. The average molecular weight is 407 g/mol. The van der Waals surface area contributed by atoms with Crippen LogP contribution >= 0.6 is 24.0 Å². The molecule has 0 aliphatic heterocycles. The van der Waals surface area contributed by atoms with Gasteiger partial charge in [-0.2, -0.15) is 0 Å². The van der Waals surface area contributed by atoms with Crippen molar-refractivity contribution in [2.45, 2.75) is 27.2 Å². The lowest BCUT2D eigenvalue weighted by Crippen LogP contribution is -2.30. The monoisotopic (exact) mass is 407 g/mol. The van der Waals surface area contributed by atoms with Crippen molar-refractivity contribution in [2.75, 3.05) is 32.1 Å². The van der Waals surface area contributed by atoms with E-state index in [4.69, 9.17) is 9.47 Å². The molecule has 0 radical (unpaired) electrons. The van der Waals surface area contributed by atoms with E-state index in [1.807, 2.05) is 32.0 Å². The zero-order valence-electron chi connectivity index (χ0n) is 13.2. The van der Waals surface area contributed by atoms with Crippen LogP contribution in [-0.2, 0) is 0 Å². The van der Waals surface area contributed by atoms with E-state index >= 15 is 0 Å². The van der Waals surface area contributed by atoms with Crippen LogP contribution in [0.2, 0.25) is 0 Å². The highest BCUT2D eigenvalue weighted by Crippen LogP contribution is 2.30. The average Bonchev–Trinajstić information content (AvgIpc) is 2.46. The maximum absolute atomic E-state index is 5.57. The van der Waals surface area contributed by atoms with Crippen molar-refractivity contribution in [2.24, 2.45) is 4.99 Å². The van der Waals surface area contributed by atoms with Crippen LogP contribution in [0.1, 0.15) is 27.2 Å². The molecule has 0 spiro atoms. The molecule has 0 aliphatic carbocycles. The summed E-state index contributed by atoms with van der Waals surface area (Å²) in [5.74, 6) is 2.24. The van der Waals surface area contributed by atoms with Crippen molar-refractivity contribution in [3.05, 3.63) is 18.2 Å². The number of nitrogens with one attached hydrogen (secondary N) is 2. The molecule has 1 aromatic rings. The van der Waals surface area contributed by atoms with E-state index in [0.717, 1.165) is 42.7 Å². The fourth-order valence-corrected chi connectivity index (χ4v) is 1.69.